The number of nitriles is 1. The lowest BCUT2D eigenvalue weighted by molar-refractivity contribution is -0.0499. The smallest absolute Gasteiger partial charge is 0.337 e. The van der Waals surface area contributed by atoms with E-state index in [-0.39, 0.29) is 29.8 Å². The number of pyridine rings is 2. The van der Waals surface area contributed by atoms with Gasteiger partial charge in [-0.05, 0) is 62.7 Å². The Balaban J connectivity index is 1.10. The van der Waals surface area contributed by atoms with Crippen LogP contribution in [0.15, 0.2) is 54.7 Å². The number of hydrogen-bond donors (Lipinski definition) is 1. The van der Waals surface area contributed by atoms with E-state index in [1.807, 2.05) is 22.6 Å². The molecule has 4 aromatic rings. The van der Waals surface area contributed by atoms with Gasteiger partial charge in [0.1, 0.15) is 18.1 Å². The molecule has 0 bridgehead atoms. The Hall–Kier alpha value is -4.33. The molecule has 6 rings (SSSR count). The highest BCUT2D eigenvalue weighted by atomic mass is 19.1. The van der Waals surface area contributed by atoms with Crippen molar-refractivity contribution in [2.75, 3.05) is 19.7 Å². The van der Waals surface area contributed by atoms with Gasteiger partial charge in [-0.1, -0.05) is 12.1 Å². The molecule has 0 spiro atoms. The van der Waals surface area contributed by atoms with Gasteiger partial charge in [0, 0.05) is 54.7 Å². The fraction of sp³-hybridized carbons (Fsp3) is 0.355. The number of likely N-dealkylation sites (tertiary alicyclic amines) is 1. The van der Waals surface area contributed by atoms with Gasteiger partial charge < -0.3 is 19.0 Å². The van der Waals surface area contributed by atoms with Crippen molar-refractivity contribution in [2.45, 2.75) is 50.9 Å². The van der Waals surface area contributed by atoms with Gasteiger partial charge >= 0.3 is 5.97 Å². The van der Waals surface area contributed by atoms with Crippen LogP contribution in [0, 0.1) is 17.1 Å². The Bertz CT molecular complexity index is 1620. The summed E-state index contributed by atoms with van der Waals surface area (Å²) in [7, 11) is 0. The van der Waals surface area contributed by atoms with Crippen molar-refractivity contribution in [3.05, 3.63) is 94.3 Å². The monoisotopic (exact) mass is 555 g/mol. The highest BCUT2D eigenvalue weighted by Crippen LogP contribution is 2.30. The maximum absolute atomic E-state index is 14.2. The zero-order chi connectivity index (χ0) is 28.3. The Morgan fingerprint density at radius 2 is 1.98 bits per heavy atom. The molecular formula is C31H30FN5O4. The number of carbonyl (C=O) groups is 1. The second-order valence-electron chi connectivity index (χ2n) is 10.6. The zero-order valence-corrected chi connectivity index (χ0v) is 22.5. The summed E-state index contributed by atoms with van der Waals surface area (Å²) in [5.74, 6) is -0.700. The van der Waals surface area contributed by atoms with Crippen LogP contribution >= 0.6 is 0 Å². The average molecular weight is 556 g/mol. The molecule has 210 valence electrons. The molecule has 0 radical (unpaired) electrons. The number of piperidine rings is 1. The van der Waals surface area contributed by atoms with Crippen LogP contribution in [-0.2, 0) is 24.3 Å². The molecular weight excluding hydrogens is 525 g/mol. The normalized spacial score (nSPS) is 17.7. The predicted octanol–water partition coefficient (Wildman–Crippen LogP) is 4.73. The second-order valence-corrected chi connectivity index (χ2v) is 10.6. The molecule has 3 aromatic heterocycles. The van der Waals surface area contributed by atoms with Gasteiger partial charge in [-0.2, -0.15) is 5.26 Å². The van der Waals surface area contributed by atoms with Crippen LogP contribution in [0.2, 0.25) is 0 Å². The molecule has 2 fully saturated rings. The third-order valence-corrected chi connectivity index (χ3v) is 7.94. The second kappa shape index (κ2) is 11.6. The minimum atomic E-state index is -0.959. The Labute approximate surface area is 236 Å². The molecule has 10 heteroatoms. The number of aromatic nitrogens is 3. The van der Waals surface area contributed by atoms with Crippen molar-refractivity contribution in [1.82, 2.24) is 19.3 Å². The fourth-order valence-corrected chi connectivity index (χ4v) is 5.50. The van der Waals surface area contributed by atoms with Gasteiger partial charge in [0.15, 0.2) is 0 Å². The standard InChI is InChI=1S/C31H30FN5O4/c32-25-14-20(16-33)4-5-23(25)19-41-30-3-1-2-26(35-30)21-8-11-36(12-9-21)18-27-28(15-24-10-13-40-24)37-17-22(31(38)39)6-7-29(37)34-27/h1-7,14,17,21,24H,8-13,15,18-19H2,(H,38,39). The lowest BCUT2D eigenvalue weighted by atomic mass is 9.93. The molecule has 1 N–H and O–H groups in total. The first-order chi connectivity index (χ1) is 20.0. The summed E-state index contributed by atoms with van der Waals surface area (Å²) in [5.41, 5.74) is 4.56. The first-order valence-electron chi connectivity index (χ1n) is 13.8. The Morgan fingerprint density at radius 1 is 1.15 bits per heavy atom. The van der Waals surface area contributed by atoms with Crippen LogP contribution < -0.4 is 4.74 Å². The number of aromatic carboxylic acids is 1. The Morgan fingerprint density at radius 3 is 2.68 bits per heavy atom. The van der Waals surface area contributed by atoms with Crippen LogP contribution in [0.3, 0.4) is 0 Å². The van der Waals surface area contributed by atoms with Crippen LogP contribution in [-0.4, -0.2) is 56.1 Å². The van der Waals surface area contributed by atoms with E-state index >= 15 is 0 Å². The van der Waals surface area contributed by atoms with Crippen LogP contribution in [0.4, 0.5) is 4.39 Å². The van der Waals surface area contributed by atoms with Crippen LogP contribution in [0.1, 0.15) is 63.7 Å². The van der Waals surface area contributed by atoms with Crippen LogP contribution in [0.25, 0.3) is 5.65 Å². The number of carboxylic acids is 1. The maximum Gasteiger partial charge on any atom is 0.337 e. The lowest BCUT2D eigenvalue weighted by Gasteiger charge is -2.32. The third kappa shape index (κ3) is 5.92. The van der Waals surface area contributed by atoms with E-state index in [0.717, 1.165) is 61.7 Å². The highest BCUT2D eigenvalue weighted by molar-refractivity contribution is 5.87. The summed E-state index contributed by atoms with van der Waals surface area (Å²) in [6.45, 7) is 3.24. The van der Waals surface area contributed by atoms with Crippen molar-refractivity contribution in [3.63, 3.8) is 0 Å². The SMILES string of the molecule is N#Cc1ccc(COc2cccc(C3CCN(Cc4nc5ccc(C(=O)O)cn5c4CC4CCO4)CC3)n2)c(F)c1. The zero-order valence-electron chi connectivity index (χ0n) is 22.5. The van der Waals surface area contributed by atoms with E-state index in [2.05, 4.69) is 4.90 Å². The van der Waals surface area contributed by atoms with Crippen molar-refractivity contribution in [1.29, 1.82) is 5.26 Å². The topological polar surface area (TPSA) is 113 Å². The summed E-state index contributed by atoms with van der Waals surface area (Å²) < 4.78 is 27.6. The highest BCUT2D eigenvalue weighted by Gasteiger charge is 2.27. The lowest BCUT2D eigenvalue weighted by Crippen LogP contribution is -2.34. The molecule has 0 aliphatic carbocycles. The molecule has 0 saturated carbocycles. The summed E-state index contributed by atoms with van der Waals surface area (Å²) in [5, 5.41) is 18.4. The van der Waals surface area contributed by atoms with E-state index in [0.29, 0.717) is 24.4 Å². The van der Waals surface area contributed by atoms with Gasteiger partial charge in [0.2, 0.25) is 5.88 Å². The number of nitrogens with zero attached hydrogens (tertiary/aromatic N) is 5. The molecule has 1 unspecified atom stereocenters. The summed E-state index contributed by atoms with van der Waals surface area (Å²) in [6, 6.07) is 15.3. The Kier molecular flexibility index (Phi) is 7.63. The predicted molar refractivity (Wildman–Crippen MR) is 147 cm³/mol. The van der Waals surface area contributed by atoms with Gasteiger partial charge in [0.05, 0.1) is 29.0 Å². The molecule has 9 nitrogen and oxygen atoms in total. The first kappa shape index (κ1) is 26.9. The van der Waals surface area contributed by atoms with Gasteiger partial charge in [-0.15, -0.1) is 0 Å². The fourth-order valence-electron chi connectivity index (χ4n) is 5.50. The van der Waals surface area contributed by atoms with Gasteiger partial charge in [-0.3, -0.25) is 4.90 Å². The number of halogens is 1. The molecule has 1 atom stereocenters. The number of rotatable bonds is 9. The molecule has 2 aliphatic heterocycles. The number of benzene rings is 1. The average Bonchev–Trinajstić information content (AvgIpc) is 3.30. The quantitative estimate of drug-likeness (QED) is 0.316. The summed E-state index contributed by atoms with van der Waals surface area (Å²) in [6.07, 6.45) is 5.36. The van der Waals surface area contributed by atoms with Gasteiger partial charge in [-0.25, -0.2) is 19.2 Å². The molecule has 0 amide bonds. The van der Waals surface area contributed by atoms with E-state index in [9.17, 15) is 14.3 Å². The summed E-state index contributed by atoms with van der Waals surface area (Å²) in [4.78, 5) is 23.5. The van der Waals surface area contributed by atoms with E-state index < -0.39 is 11.8 Å². The molecule has 1 aromatic carbocycles. The number of ether oxygens (including phenoxy) is 2. The van der Waals surface area contributed by atoms with Crippen molar-refractivity contribution < 1.29 is 23.8 Å². The van der Waals surface area contributed by atoms with E-state index in [1.54, 1.807) is 36.5 Å². The number of carboxylic acid groups (broad SMARTS) is 1. The van der Waals surface area contributed by atoms with Crippen molar-refractivity contribution in [2.24, 2.45) is 0 Å². The molecule has 5 heterocycles. The van der Waals surface area contributed by atoms with Crippen molar-refractivity contribution in [3.8, 4) is 11.9 Å². The van der Waals surface area contributed by atoms with E-state index in [1.165, 1.54) is 6.07 Å². The number of fused-ring (bicyclic) bond motifs is 1. The van der Waals surface area contributed by atoms with Crippen LogP contribution in [0.5, 0.6) is 5.88 Å². The van der Waals surface area contributed by atoms with Gasteiger partial charge in [0.25, 0.3) is 0 Å². The number of imidazole rings is 1. The molecule has 2 saturated heterocycles. The third-order valence-electron chi connectivity index (χ3n) is 7.94. The maximum atomic E-state index is 14.2. The largest absolute Gasteiger partial charge is 0.478 e. The van der Waals surface area contributed by atoms with E-state index in [4.69, 9.17) is 24.7 Å². The minimum Gasteiger partial charge on any atom is -0.478 e. The minimum absolute atomic E-state index is 0.0354. The van der Waals surface area contributed by atoms with Crippen molar-refractivity contribution >= 4 is 11.6 Å². The molecule has 2 aliphatic rings. The first-order valence-corrected chi connectivity index (χ1v) is 13.8. The summed E-state index contributed by atoms with van der Waals surface area (Å²) >= 11 is 0. The number of hydrogen-bond acceptors (Lipinski definition) is 7. The molecule has 41 heavy (non-hydrogen) atoms.